The summed E-state index contributed by atoms with van der Waals surface area (Å²) in [5.74, 6) is 0. The summed E-state index contributed by atoms with van der Waals surface area (Å²) in [6.07, 6.45) is 1.95. The lowest BCUT2D eigenvalue weighted by atomic mass is 10.7. The molecule has 0 fully saturated rings. The van der Waals surface area contributed by atoms with E-state index < -0.39 is 0 Å². The number of allylic oxidation sites excluding steroid dienone is 1. The molecule has 0 amide bonds. The highest BCUT2D eigenvalue weighted by atomic mass is 127. The molecular weight excluding hydrogens is 191 g/mol. The molecule has 34 valence electrons. The Morgan fingerprint density at radius 3 is 3.00 bits per heavy atom. The average Bonchev–Trinajstić information content (AvgIpc) is 1.86. The third-order valence-corrected chi connectivity index (χ3v) is 2.08. The van der Waals surface area contributed by atoms with Gasteiger partial charge in [0.2, 0.25) is 0 Å². The molecule has 0 saturated carbocycles. The minimum atomic E-state index is 0.0544. The highest BCUT2D eigenvalue weighted by molar-refractivity contribution is 14.2. The molecule has 0 unspecified atom stereocenters. The van der Waals surface area contributed by atoms with E-state index in [1.807, 2.05) is 6.20 Å². The van der Waals surface area contributed by atoms with Gasteiger partial charge >= 0.3 is 0 Å². The van der Waals surface area contributed by atoms with Crippen LogP contribution in [-0.2, 0) is 0 Å². The average molecular weight is 196 g/mol. The monoisotopic (exact) mass is 196 g/mol. The predicted molar refractivity (Wildman–Crippen MR) is 33.3 cm³/mol. The van der Waals surface area contributed by atoms with Crippen molar-refractivity contribution in [1.29, 1.82) is 0 Å². The lowest BCUT2D eigenvalue weighted by Gasteiger charge is -1.70. The first-order valence-electron chi connectivity index (χ1n) is 1.66. The number of halogens is 1. The second kappa shape index (κ2) is 1.68. The first kappa shape index (κ1) is 4.23. The molecule has 1 N–H and O–H groups in total. The van der Waals surface area contributed by atoms with Gasteiger partial charge < -0.3 is 0 Å². The van der Waals surface area contributed by atoms with Crippen molar-refractivity contribution in [2.75, 3.05) is 0 Å². The largest absolute Gasteiger partial charge is 0.280 e. The maximum absolute atomic E-state index is 3.93. The topological polar surface area (TPSA) is 24.4 Å². The predicted octanol–water partition coefficient (Wildman–Crippen LogP) is 1.52. The number of hydrogen-bond donors (Lipinski definition) is 1. The van der Waals surface area contributed by atoms with Crippen LogP contribution in [0.2, 0.25) is 0 Å². The van der Waals surface area contributed by atoms with Crippen LogP contribution in [-0.4, -0.2) is 0 Å². The summed E-state index contributed by atoms with van der Waals surface area (Å²) in [6.45, 7) is 2.09. The number of rotatable bonds is 0. The molecule has 1 aliphatic rings. The van der Waals surface area contributed by atoms with E-state index in [1.54, 1.807) is 0 Å². The van der Waals surface area contributed by atoms with Crippen LogP contribution in [0.25, 0.3) is 0 Å². The van der Waals surface area contributed by atoms with E-state index in [0.29, 0.717) is 0 Å². The van der Waals surface area contributed by atoms with E-state index in [-0.39, 0.29) is 21.0 Å². The van der Waals surface area contributed by atoms with Gasteiger partial charge in [-0.1, -0.05) is 0 Å². The fourth-order valence-corrected chi connectivity index (χ4v) is 1.17. The van der Waals surface area contributed by atoms with Gasteiger partial charge in [0.1, 0.15) is 0 Å². The van der Waals surface area contributed by atoms with Crippen LogP contribution >= 0.6 is 21.0 Å². The van der Waals surface area contributed by atoms with Crippen LogP contribution in [0.1, 0.15) is 6.92 Å². The van der Waals surface area contributed by atoms with Crippen molar-refractivity contribution in [3.8, 4) is 0 Å². The van der Waals surface area contributed by atoms with Crippen LogP contribution in [0.5, 0.6) is 0 Å². The zero-order valence-electron chi connectivity index (χ0n) is 3.40. The van der Waals surface area contributed by atoms with Crippen LogP contribution in [0.4, 0.5) is 0 Å². The molecule has 2 nitrogen and oxygen atoms in total. The zero-order chi connectivity index (χ0) is 4.41. The number of nitrogens with zero attached hydrogens (tertiary/aromatic N) is 1. The van der Waals surface area contributed by atoms with E-state index in [2.05, 4.69) is 15.6 Å². The second-order valence-corrected chi connectivity index (χ2v) is 3.70. The van der Waals surface area contributed by atoms with Crippen molar-refractivity contribution < 1.29 is 0 Å². The molecule has 0 bridgehead atoms. The van der Waals surface area contributed by atoms with Crippen LogP contribution in [0.3, 0.4) is 0 Å². The molecule has 1 heterocycles. The van der Waals surface area contributed by atoms with Crippen LogP contribution in [0, 0.1) is 0 Å². The van der Waals surface area contributed by atoms with Gasteiger partial charge in [-0.25, -0.2) is 0 Å². The third kappa shape index (κ3) is 0.767. The van der Waals surface area contributed by atoms with Gasteiger partial charge in [0, 0.05) is 9.78 Å². The molecule has 0 atom stereocenters. The van der Waals surface area contributed by atoms with E-state index in [1.165, 1.54) is 3.58 Å². The number of nitrogens with one attached hydrogen (secondary N) is 1. The molecule has 1 rings (SSSR count). The highest BCUT2D eigenvalue weighted by Crippen LogP contribution is 2.16. The maximum atomic E-state index is 3.93. The summed E-state index contributed by atoms with van der Waals surface area (Å²) in [4.78, 5) is 0. The van der Waals surface area contributed by atoms with E-state index in [4.69, 9.17) is 0 Å². The van der Waals surface area contributed by atoms with Gasteiger partial charge in [-0.05, 0) is 6.92 Å². The highest BCUT2D eigenvalue weighted by Gasteiger charge is 1.85. The molecular formula is C3H5IN2. The van der Waals surface area contributed by atoms with Gasteiger partial charge in [0.25, 0.3) is 0 Å². The maximum Gasteiger partial charge on any atom is 0.0517 e. The van der Waals surface area contributed by atoms with Crippen molar-refractivity contribution in [2.24, 2.45) is 3.25 Å². The van der Waals surface area contributed by atoms with Crippen molar-refractivity contribution in [1.82, 2.24) is 5.43 Å². The Kier molecular flexibility index (Phi) is 1.19. The summed E-state index contributed by atoms with van der Waals surface area (Å²) in [7, 11) is 0. The molecule has 3 heteroatoms. The fourth-order valence-electron chi connectivity index (χ4n) is 0.229. The quantitative estimate of drug-likeness (QED) is 0.583. The molecule has 6 heavy (non-hydrogen) atoms. The van der Waals surface area contributed by atoms with Crippen molar-refractivity contribution in [3.05, 3.63) is 9.78 Å². The first-order valence-corrected chi connectivity index (χ1v) is 3.70. The standard InChI is InChI=1S/C3H5IN2/c1-3-2-5-6-4-3/h2,5H,1H3. The summed E-state index contributed by atoms with van der Waals surface area (Å²) >= 11 is 0.0544. The minimum absolute atomic E-state index is 0.0544. The smallest absolute Gasteiger partial charge is 0.0517 e. The van der Waals surface area contributed by atoms with Crippen LogP contribution in [0.15, 0.2) is 13.0 Å². The molecule has 0 aliphatic carbocycles. The minimum Gasteiger partial charge on any atom is -0.280 e. The first-order chi connectivity index (χ1) is 2.89. The molecule has 0 radical (unpaired) electrons. The van der Waals surface area contributed by atoms with Crippen molar-refractivity contribution >= 4 is 21.0 Å². The van der Waals surface area contributed by atoms with Crippen molar-refractivity contribution in [3.63, 3.8) is 0 Å². The lowest BCUT2D eigenvalue weighted by molar-refractivity contribution is 1.01. The molecule has 0 spiro atoms. The third-order valence-electron chi connectivity index (χ3n) is 0.488. The Bertz CT molecular complexity index is 103. The van der Waals surface area contributed by atoms with E-state index in [9.17, 15) is 0 Å². The van der Waals surface area contributed by atoms with E-state index in [0.717, 1.165) is 0 Å². The second-order valence-electron chi connectivity index (χ2n) is 1.03. The normalized spacial score (nSPS) is 18.5. The molecule has 0 aromatic rings. The Hall–Kier alpha value is 0.0700. The molecule has 0 aromatic heterocycles. The lowest BCUT2D eigenvalue weighted by Crippen LogP contribution is -1.82. The van der Waals surface area contributed by atoms with Gasteiger partial charge in [-0.2, -0.15) is 0 Å². The zero-order valence-corrected chi connectivity index (χ0v) is 5.56. The summed E-state index contributed by atoms with van der Waals surface area (Å²) < 4.78 is 5.34. The Morgan fingerprint density at radius 1 is 2.00 bits per heavy atom. The van der Waals surface area contributed by atoms with Gasteiger partial charge in [0.15, 0.2) is 0 Å². The van der Waals surface area contributed by atoms with Crippen LogP contribution < -0.4 is 5.43 Å². The Morgan fingerprint density at radius 2 is 2.83 bits per heavy atom. The molecule has 0 aromatic carbocycles. The SMILES string of the molecule is CC1=CNN=I1. The summed E-state index contributed by atoms with van der Waals surface area (Å²) in [6, 6.07) is 0. The Labute approximate surface area is 46.8 Å². The van der Waals surface area contributed by atoms with Gasteiger partial charge in [-0.15, -0.1) is 3.25 Å². The van der Waals surface area contributed by atoms with Crippen molar-refractivity contribution in [2.45, 2.75) is 6.92 Å². The van der Waals surface area contributed by atoms with Gasteiger partial charge in [-0.3, -0.25) is 5.43 Å². The van der Waals surface area contributed by atoms with E-state index >= 15 is 0 Å². The fraction of sp³-hybridized carbons (Fsp3) is 0.333. The molecule has 0 saturated heterocycles. The Balaban J connectivity index is 2.68. The van der Waals surface area contributed by atoms with Gasteiger partial charge in [0.05, 0.1) is 21.0 Å². The summed E-state index contributed by atoms with van der Waals surface area (Å²) in [5, 5.41) is 0. The number of hydrogen-bond acceptors (Lipinski definition) is 2. The molecule has 1 aliphatic heterocycles. The summed E-state index contributed by atoms with van der Waals surface area (Å²) in [5.41, 5.74) is 2.78.